The van der Waals surface area contributed by atoms with E-state index < -0.39 is 0 Å². The Bertz CT molecular complexity index is 495. The van der Waals surface area contributed by atoms with E-state index in [0.717, 1.165) is 9.47 Å². The summed E-state index contributed by atoms with van der Waals surface area (Å²) in [5, 5.41) is 15.7. The van der Waals surface area contributed by atoms with Gasteiger partial charge in [-0.2, -0.15) is 4.98 Å². The first kappa shape index (κ1) is 12.1. The molecule has 0 aromatic carbocycles. The van der Waals surface area contributed by atoms with Crippen LogP contribution >= 0.6 is 23.1 Å². The van der Waals surface area contributed by atoms with Crippen LogP contribution in [-0.2, 0) is 5.75 Å². The average molecular weight is 269 g/mol. The SMILES string of the molecule is C=CCNc1nnc(SCc2noc(C)n2)s1. The second-order valence-electron chi connectivity index (χ2n) is 3.06. The van der Waals surface area contributed by atoms with E-state index in [1.807, 2.05) is 0 Å². The van der Waals surface area contributed by atoms with Gasteiger partial charge in [-0.05, 0) is 0 Å². The predicted molar refractivity (Wildman–Crippen MR) is 67.2 cm³/mol. The Labute approximate surface area is 107 Å². The Hall–Kier alpha value is -1.41. The lowest BCUT2D eigenvalue weighted by molar-refractivity contribution is 0.389. The second-order valence-corrected chi connectivity index (χ2v) is 5.26. The minimum atomic E-state index is 0.575. The van der Waals surface area contributed by atoms with Crippen molar-refractivity contribution in [2.75, 3.05) is 11.9 Å². The van der Waals surface area contributed by atoms with Crippen LogP contribution in [0.25, 0.3) is 0 Å². The molecule has 0 radical (unpaired) electrons. The fourth-order valence-corrected chi connectivity index (χ4v) is 2.63. The summed E-state index contributed by atoms with van der Waals surface area (Å²) in [6, 6.07) is 0. The number of hydrogen-bond donors (Lipinski definition) is 1. The van der Waals surface area contributed by atoms with Crippen LogP contribution in [0.5, 0.6) is 0 Å². The Kier molecular flexibility index (Phi) is 4.10. The second kappa shape index (κ2) is 5.78. The molecule has 1 N–H and O–H groups in total. The largest absolute Gasteiger partial charge is 0.357 e. The third kappa shape index (κ3) is 3.53. The smallest absolute Gasteiger partial charge is 0.223 e. The molecule has 2 heterocycles. The maximum Gasteiger partial charge on any atom is 0.223 e. The zero-order valence-corrected chi connectivity index (χ0v) is 10.8. The molecule has 0 unspecified atom stereocenters. The lowest BCUT2D eigenvalue weighted by atomic mass is 10.6. The molecule has 2 aromatic rings. The molecule has 90 valence electrons. The summed E-state index contributed by atoms with van der Waals surface area (Å²) in [6.07, 6.45) is 1.77. The van der Waals surface area contributed by atoms with Crippen molar-refractivity contribution < 1.29 is 4.52 Å². The summed E-state index contributed by atoms with van der Waals surface area (Å²) >= 11 is 3.03. The summed E-state index contributed by atoms with van der Waals surface area (Å²) in [7, 11) is 0. The number of nitrogens with one attached hydrogen (secondary N) is 1. The highest BCUT2D eigenvalue weighted by atomic mass is 32.2. The van der Waals surface area contributed by atoms with Crippen molar-refractivity contribution in [2.24, 2.45) is 0 Å². The Morgan fingerprint density at radius 2 is 2.41 bits per heavy atom. The van der Waals surface area contributed by atoms with E-state index in [1.165, 1.54) is 23.1 Å². The molecule has 6 nitrogen and oxygen atoms in total. The van der Waals surface area contributed by atoms with E-state index in [4.69, 9.17) is 4.52 Å². The topological polar surface area (TPSA) is 76.7 Å². The minimum absolute atomic E-state index is 0.575. The van der Waals surface area contributed by atoms with Crippen LogP contribution in [0.15, 0.2) is 21.5 Å². The number of nitrogens with zero attached hydrogens (tertiary/aromatic N) is 4. The first-order valence-corrected chi connectivity index (χ1v) is 6.68. The van der Waals surface area contributed by atoms with E-state index in [2.05, 4.69) is 32.2 Å². The molecule has 0 bridgehead atoms. The van der Waals surface area contributed by atoms with Crippen LogP contribution in [0, 0.1) is 6.92 Å². The van der Waals surface area contributed by atoms with Gasteiger partial charge in [0.2, 0.25) is 11.0 Å². The number of rotatable bonds is 6. The van der Waals surface area contributed by atoms with E-state index >= 15 is 0 Å². The van der Waals surface area contributed by atoms with Gasteiger partial charge < -0.3 is 9.84 Å². The van der Waals surface area contributed by atoms with Gasteiger partial charge in [-0.15, -0.1) is 16.8 Å². The van der Waals surface area contributed by atoms with Crippen LogP contribution in [0.3, 0.4) is 0 Å². The summed E-state index contributed by atoms with van der Waals surface area (Å²) in [5.41, 5.74) is 0. The molecule has 0 amide bonds. The fraction of sp³-hybridized carbons (Fsp3) is 0.333. The standard InChI is InChI=1S/C9H11N5OS2/c1-3-4-10-8-12-13-9(17-8)16-5-7-11-6(2)15-14-7/h3H,1,4-5H2,2H3,(H,10,12). The summed E-state index contributed by atoms with van der Waals surface area (Å²) in [5.74, 6) is 1.88. The highest BCUT2D eigenvalue weighted by Gasteiger charge is 2.07. The number of aromatic nitrogens is 4. The van der Waals surface area contributed by atoms with E-state index in [1.54, 1.807) is 13.0 Å². The number of anilines is 1. The fourth-order valence-electron chi connectivity index (χ4n) is 1.03. The lowest BCUT2D eigenvalue weighted by Crippen LogP contribution is -1.96. The molecule has 0 aliphatic carbocycles. The van der Waals surface area contributed by atoms with Crippen LogP contribution in [0.4, 0.5) is 5.13 Å². The summed E-state index contributed by atoms with van der Waals surface area (Å²) in [4.78, 5) is 4.11. The minimum Gasteiger partial charge on any atom is -0.357 e. The van der Waals surface area contributed by atoms with Gasteiger partial charge in [0.25, 0.3) is 0 Å². The first-order valence-electron chi connectivity index (χ1n) is 4.88. The van der Waals surface area contributed by atoms with Gasteiger partial charge in [0.1, 0.15) is 0 Å². The van der Waals surface area contributed by atoms with Gasteiger partial charge in [0.15, 0.2) is 10.2 Å². The molecule has 2 aromatic heterocycles. The Morgan fingerprint density at radius 1 is 1.53 bits per heavy atom. The van der Waals surface area contributed by atoms with E-state index in [-0.39, 0.29) is 0 Å². The van der Waals surface area contributed by atoms with Crippen LogP contribution in [0.2, 0.25) is 0 Å². The third-order valence-corrected chi connectivity index (χ3v) is 3.71. The first-order chi connectivity index (χ1) is 8.28. The van der Waals surface area contributed by atoms with Crippen molar-refractivity contribution in [2.45, 2.75) is 17.0 Å². The van der Waals surface area contributed by atoms with Gasteiger partial charge in [0, 0.05) is 13.5 Å². The van der Waals surface area contributed by atoms with Gasteiger partial charge in [-0.3, -0.25) is 0 Å². The number of hydrogen-bond acceptors (Lipinski definition) is 8. The zero-order valence-electron chi connectivity index (χ0n) is 9.21. The molecule has 0 fully saturated rings. The van der Waals surface area contributed by atoms with Crippen molar-refractivity contribution in [3.05, 3.63) is 24.4 Å². The van der Waals surface area contributed by atoms with Crippen molar-refractivity contribution in [1.29, 1.82) is 0 Å². The van der Waals surface area contributed by atoms with E-state index in [0.29, 0.717) is 24.0 Å². The number of aryl methyl sites for hydroxylation is 1. The maximum atomic E-state index is 4.88. The molecule has 2 rings (SSSR count). The van der Waals surface area contributed by atoms with Crippen LogP contribution in [0.1, 0.15) is 11.7 Å². The summed E-state index contributed by atoms with van der Waals surface area (Å²) < 4.78 is 5.75. The van der Waals surface area contributed by atoms with Crippen LogP contribution < -0.4 is 5.32 Å². The van der Waals surface area contributed by atoms with E-state index in [9.17, 15) is 0 Å². The predicted octanol–water partition coefficient (Wildman–Crippen LogP) is 2.12. The van der Waals surface area contributed by atoms with Gasteiger partial charge in [-0.1, -0.05) is 34.3 Å². The molecule has 17 heavy (non-hydrogen) atoms. The highest BCUT2D eigenvalue weighted by molar-refractivity contribution is 8.00. The average Bonchev–Trinajstić information content (AvgIpc) is 2.93. The molecule has 0 saturated heterocycles. The Balaban J connectivity index is 1.86. The van der Waals surface area contributed by atoms with Crippen molar-refractivity contribution in [1.82, 2.24) is 20.3 Å². The van der Waals surface area contributed by atoms with Gasteiger partial charge in [-0.25, -0.2) is 0 Å². The molecule has 8 heteroatoms. The Morgan fingerprint density at radius 3 is 3.12 bits per heavy atom. The van der Waals surface area contributed by atoms with Gasteiger partial charge >= 0.3 is 0 Å². The van der Waals surface area contributed by atoms with Crippen LogP contribution in [-0.4, -0.2) is 26.9 Å². The van der Waals surface area contributed by atoms with Crippen molar-refractivity contribution in [3.63, 3.8) is 0 Å². The molecular weight excluding hydrogens is 258 g/mol. The zero-order chi connectivity index (χ0) is 12.1. The monoisotopic (exact) mass is 269 g/mol. The highest BCUT2D eigenvalue weighted by Crippen LogP contribution is 2.27. The van der Waals surface area contributed by atoms with Crippen molar-refractivity contribution in [3.8, 4) is 0 Å². The van der Waals surface area contributed by atoms with Gasteiger partial charge in [0.05, 0.1) is 5.75 Å². The molecular formula is C9H11N5OS2. The number of thioether (sulfide) groups is 1. The molecule has 0 aliphatic rings. The molecule has 0 atom stereocenters. The third-order valence-electron chi connectivity index (χ3n) is 1.70. The quantitative estimate of drug-likeness (QED) is 0.635. The maximum absolute atomic E-state index is 4.88. The molecule has 0 aliphatic heterocycles. The molecule has 0 spiro atoms. The van der Waals surface area contributed by atoms with Crippen molar-refractivity contribution >= 4 is 28.2 Å². The summed E-state index contributed by atoms with van der Waals surface area (Å²) in [6.45, 7) is 6.07. The molecule has 0 saturated carbocycles. The normalized spacial score (nSPS) is 10.4. The lowest BCUT2D eigenvalue weighted by Gasteiger charge is -1.92.